The predicted molar refractivity (Wildman–Crippen MR) is 125 cm³/mol. The van der Waals surface area contributed by atoms with Crippen LogP contribution in [0.15, 0.2) is 53.4 Å². The highest BCUT2D eigenvalue weighted by atomic mass is 32.2. The van der Waals surface area contributed by atoms with E-state index in [2.05, 4.69) is 20.7 Å². The van der Waals surface area contributed by atoms with Gasteiger partial charge in [-0.1, -0.05) is 43.5 Å². The fourth-order valence-electron chi connectivity index (χ4n) is 4.09. The summed E-state index contributed by atoms with van der Waals surface area (Å²) < 4.78 is 27.4. The first kappa shape index (κ1) is 23.1. The van der Waals surface area contributed by atoms with Crippen LogP contribution >= 0.6 is 0 Å². The number of rotatable bonds is 7. The number of benzene rings is 2. The van der Waals surface area contributed by atoms with Crippen LogP contribution in [0.1, 0.15) is 37.7 Å². The molecule has 3 aromatic rings. The lowest BCUT2D eigenvalue weighted by Gasteiger charge is -2.30. The molecule has 1 aliphatic rings. The number of nitrogens with zero attached hydrogens (tertiary/aromatic N) is 5. The molecule has 1 amide bonds. The standard InChI is InChI=1S/C23H28N6O3S/c1-17-8-6-7-11-21(17)23-25-27-29(26-23)16-22(30)24-18-12-14-20(15-13-18)33(31,32)28(2)19-9-4-3-5-10-19/h6-8,11-15,19H,3-5,9-10,16H2,1-2H3,(H,24,30). The van der Waals surface area contributed by atoms with E-state index in [1.54, 1.807) is 19.2 Å². The highest BCUT2D eigenvalue weighted by molar-refractivity contribution is 7.89. The van der Waals surface area contributed by atoms with Crippen molar-refractivity contribution < 1.29 is 13.2 Å². The molecule has 0 spiro atoms. The van der Waals surface area contributed by atoms with Crippen LogP contribution in [-0.4, -0.2) is 51.9 Å². The lowest BCUT2D eigenvalue weighted by atomic mass is 9.96. The number of amides is 1. The number of tetrazole rings is 1. The zero-order chi connectivity index (χ0) is 23.4. The van der Waals surface area contributed by atoms with Gasteiger partial charge < -0.3 is 5.32 Å². The Labute approximate surface area is 193 Å². The molecular weight excluding hydrogens is 440 g/mol. The van der Waals surface area contributed by atoms with Gasteiger partial charge in [0.15, 0.2) is 0 Å². The van der Waals surface area contributed by atoms with Crippen molar-refractivity contribution in [2.45, 2.75) is 56.5 Å². The van der Waals surface area contributed by atoms with Gasteiger partial charge in [0.25, 0.3) is 0 Å². The van der Waals surface area contributed by atoms with E-state index in [1.807, 2.05) is 31.2 Å². The molecule has 1 aliphatic carbocycles. The molecule has 33 heavy (non-hydrogen) atoms. The number of anilines is 1. The summed E-state index contributed by atoms with van der Waals surface area (Å²) in [6, 6.07) is 14.0. The molecule has 1 fully saturated rings. The van der Waals surface area contributed by atoms with E-state index < -0.39 is 10.0 Å². The highest BCUT2D eigenvalue weighted by Gasteiger charge is 2.29. The Morgan fingerprint density at radius 2 is 1.79 bits per heavy atom. The summed E-state index contributed by atoms with van der Waals surface area (Å²) in [5.41, 5.74) is 2.38. The maximum Gasteiger partial charge on any atom is 0.248 e. The number of carbonyl (C=O) groups excluding carboxylic acids is 1. The van der Waals surface area contributed by atoms with E-state index in [1.165, 1.54) is 21.2 Å². The zero-order valence-electron chi connectivity index (χ0n) is 18.8. The summed E-state index contributed by atoms with van der Waals surface area (Å²) >= 11 is 0. The van der Waals surface area contributed by atoms with Crippen LogP contribution in [0.4, 0.5) is 5.69 Å². The summed E-state index contributed by atoms with van der Waals surface area (Å²) in [6.45, 7) is 1.85. The van der Waals surface area contributed by atoms with E-state index in [4.69, 9.17) is 0 Å². The van der Waals surface area contributed by atoms with Crippen molar-refractivity contribution in [3.8, 4) is 11.4 Å². The molecular formula is C23H28N6O3S. The smallest absolute Gasteiger partial charge is 0.248 e. The second kappa shape index (κ2) is 9.80. The van der Waals surface area contributed by atoms with Crippen LogP contribution in [0.5, 0.6) is 0 Å². The van der Waals surface area contributed by atoms with E-state index >= 15 is 0 Å². The van der Waals surface area contributed by atoms with Gasteiger partial charge in [-0.3, -0.25) is 4.79 Å². The fraction of sp³-hybridized carbons (Fsp3) is 0.391. The van der Waals surface area contributed by atoms with Crippen molar-refractivity contribution >= 4 is 21.6 Å². The zero-order valence-corrected chi connectivity index (χ0v) is 19.6. The number of sulfonamides is 1. The molecule has 9 nitrogen and oxygen atoms in total. The van der Waals surface area contributed by atoms with Crippen LogP contribution in [0.3, 0.4) is 0 Å². The quantitative estimate of drug-likeness (QED) is 0.570. The number of aromatic nitrogens is 4. The third-order valence-corrected chi connectivity index (χ3v) is 7.95. The summed E-state index contributed by atoms with van der Waals surface area (Å²) in [5.74, 6) is 0.121. The molecule has 174 valence electrons. The Hall–Kier alpha value is -3.11. The van der Waals surface area contributed by atoms with Crippen LogP contribution in [0, 0.1) is 6.92 Å². The van der Waals surface area contributed by atoms with Gasteiger partial charge in [-0.05, 0) is 54.8 Å². The average molecular weight is 469 g/mol. The number of hydrogen-bond acceptors (Lipinski definition) is 6. The van der Waals surface area contributed by atoms with Gasteiger partial charge in [-0.25, -0.2) is 8.42 Å². The molecule has 1 aromatic heterocycles. The van der Waals surface area contributed by atoms with Crippen LogP contribution < -0.4 is 5.32 Å². The molecule has 0 aliphatic heterocycles. The number of nitrogens with one attached hydrogen (secondary N) is 1. The molecule has 0 saturated heterocycles. The molecule has 4 rings (SSSR count). The van der Waals surface area contributed by atoms with Crippen molar-refractivity contribution in [3.05, 3.63) is 54.1 Å². The first-order valence-corrected chi connectivity index (χ1v) is 12.5. The second-order valence-electron chi connectivity index (χ2n) is 8.34. The van der Waals surface area contributed by atoms with Gasteiger partial charge in [-0.15, -0.1) is 10.2 Å². The Morgan fingerprint density at radius 1 is 1.09 bits per heavy atom. The molecule has 1 saturated carbocycles. The van der Waals surface area contributed by atoms with Crippen LogP contribution in [-0.2, 0) is 21.4 Å². The Kier molecular flexibility index (Phi) is 6.85. The Balaban J connectivity index is 1.38. The van der Waals surface area contributed by atoms with Gasteiger partial charge in [0.2, 0.25) is 21.8 Å². The second-order valence-corrected chi connectivity index (χ2v) is 10.3. The van der Waals surface area contributed by atoms with E-state index in [0.29, 0.717) is 11.5 Å². The van der Waals surface area contributed by atoms with E-state index in [-0.39, 0.29) is 23.4 Å². The highest BCUT2D eigenvalue weighted by Crippen LogP contribution is 2.27. The van der Waals surface area contributed by atoms with Crippen molar-refractivity contribution in [1.82, 2.24) is 24.5 Å². The molecule has 0 unspecified atom stereocenters. The number of hydrogen-bond donors (Lipinski definition) is 1. The SMILES string of the molecule is Cc1ccccc1-c1nnn(CC(=O)Nc2ccc(S(=O)(=O)N(C)C3CCCCC3)cc2)n1. The maximum absolute atomic E-state index is 13.0. The topological polar surface area (TPSA) is 110 Å². The van der Waals surface area contributed by atoms with Crippen LogP contribution in [0.25, 0.3) is 11.4 Å². The van der Waals surface area contributed by atoms with Crippen LogP contribution in [0.2, 0.25) is 0 Å². The van der Waals surface area contributed by atoms with Crippen molar-refractivity contribution in [2.24, 2.45) is 0 Å². The minimum Gasteiger partial charge on any atom is -0.324 e. The largest absolute Gasteiger partial charge is 0.324 e. The van der Waals surface area contributed by atoms with Gasteiger partial charge >= 0.3 is 0 Å². The fourth-order valence-corrected chi connectivity index (χ4v) is 5.50. The third-order valence-electron chi connectivity index (χ3n) is 6.03. The monoisotopic (exact) mass is 468 g/mol. The molecule has 1 heterocycles. The van der Waals surface area contributed by atoms with E-state index in [0.717, 1.165) is 43.2 Å². The first-order chi connectivity index (χ1) is 15.8. The number of aryl methyl sites for hydroxylation is 1. The van der Waals surface area contributed by atoms with Crippen molar-refractivity contribution in [2.75, 3.05) is 12.4 Å². The lowest BCUT2D eigenvalue weighted by molar-refractivity contribution is -0.117. The van der Waals surface area contributed by atoms with Gasteiger partial charge in [0.1, 0.15) is 6.54 Å². The van der Waals surface area contributed by atoms with Crippen molar-refractivity contribution in [3.63, 3.8) is 0 Å². The predicted octanol–water partition coefficient (Wildman–Crippen LogP) is 3.24. The summed E-state index contributed by atoms with van der Waals surface area (Å²) in [6.07, 6.45) is 5.07. The van der Waals surface area contributed by atoms with E-state index in [9.17, 15) is 13.2 Å². The maximum atomic E-state index is 13.0. The van der Waals surface area contributed by atoms with Gasteiger partial charge in [0.05, 0.1) is 4.90 Å². The third kappa shape index (κ3) is 5.28. The molecule has 0 radical (unpaired) electrons. The summed E-state index contributed by atoms with van der Waals surface area (Å²) in [5, 5.41) is 15.0. The Morgan fingerprint density at radius 3 is 2.48 bits per heavy atom. The molecule has 0 bridgehead atoms. The average Bonchev–Trinajstić information content (AvgIpc) is 3.27. The molecule has 10 heteroatoms. The first-order valence-electron chi connectivity index (χ1n) is 11.1. The minimum atomic E-state index is -3.57. The normalized spacial score (nSPS) is 15.0. The molecule has 1 N–H and O–H groups in total. The summed E-state index contributed by atoms with van der Waals surface area (Å²) in [4.78, 5) is 13.9. The van der Waals surface area contributed by atoms with Gasteiger partial charge in [-0.2, -0.15) is 9.10 Å². The number of carbonyl (C=O) groups is 1. The molecule has 2 aromatic carbocycles. The lowest BCUT2D eigenvalue weighted by Crippen LogP contribution is -2.38. The minimum absolute atomic E-state index is 0.0443. The summed E-state index contributed by atoms with van der Waals surface area (Å²) in [7, 11) is -1.92. The van der Waals surface area contributed by atoms with Crippen molar-refractivity contribution in [1.29, 1.82) is 0 Å². The van der Waals surface area contributed by atoms with Gasteiger partial charge in [0, 0.05) is 24.3 Å². The molecule has 0 atom stereocenters. The Bertz CT molecular complexity index is 1220.